The Hall–Kier alpha value is -1.98. The third kappa shape index (κ3) is 3.53. The summed E-state index contributed by atoms with van der Waals surface area (Å²) in [7, 11) is 1.25. The molecule has 0 aliphatic rings. The van der Waals surface area contributed by atoms with Gasteiger partial charge in [-0.15, -0.1) is 0 Å². The highest BCUT2D eigenvalue weighted by molar-refractivity contribution is 6.35. The molecule has 0 bridgehead atoms. The van der Waals surface area contributed by atoms with Crippen LogP contribution in [0.5, 0.6) is 0 Å². The molecule has 7 heteroatoms. The van der Waals surface area contributed by atoms with Gasteiger partial charge in [-0.3, -0.25) is 0 Å². The molecule has 1 heterocycles. The van der Waals surface area contributed by atoms with Gasteiger partial charge >= 0.3 is 6.09 Å². The number of methoxy groups -OCH3 is 1. The van der Waals surface area contributed by atoms with Crippen LogP contribution < -0.4 is 5.43 Å². The number of carbonyl (C=O) groups is 1. The van der Waals surface area contributed by atoms with Gasteiger partial charge < -0.3 is 9.15 Å². The zero-order valence-corrected chi connectivity index (χ0v) is 11.9. The predicted octanol–water partition coefficient (Wildman–Crippen LogP) is 3.94. The first-order chi connectivity index (χ1) is 9.60. The molecule has 104 valence electrons. The van der Waals surface area contributed by atoms with Gasteiger partial charge in [0.15, 0.2) is 0 Å². The van der Waals surface area contributed by atoms with Gasteiger partial charge in [-0.05, 0) is 30.3 Å². The van der Waals surface area contributed by atoms with Crippen molar-refractivity contribution in [3.05, 3.63) is 46.1 Å². The van der Waals surface area contributed by atoms with Gasteiger partial charge in [-0.2, -0.15) is 5.10 Å². The molecule has 1 aromatic heterocycles. The number of ether oxygens (including phenoxy) is 1. The van der Waals surface area contributed by atoms with Gasteiger partial charge in [0.05, 0.1) is 18.3 Å². The van der Waals surface area contributed by atoms with Crippen LogP contribution in [0.15, 0.2) is 39.9 Å². The molecule has 1 N–H and O–H groups in total. The van der Waals surface area contributed by atoms with E-state index in [1.807, 2.05) is 0 Å². The summed E-state index contributed by atoms with van der Waals surface area (Å²) in [5.74, 6) is 1.00. The minimum absolute atomic E-state index is 0.451. The van der Waals surface area contributed by atoms with Crippen molar-refractivity contribution in [2.24, 2.45) is 5.10 Å². The standard InChI is InChI=1S/C13H10Cl2N2O3/c1-19-13(18)17-16-7-9-3-5-12(20-9)10-6-8(14)2-4-11(10)15/h2-7H,1H3,(H,17,18)/b16-7+. The van der Waals surface area contributed by atoms with Crippen molar-refractivity contribution in [3.63, 3.8) is 0 Å². The van der Waals surface area contributed by atoms with Crippen molar-refractivity contribution in [1.82, 2.24) is 5.43 Å². The molecular formula is C13H10Cl2N2O3. The number of hydrazone groups is 1. The van der Waals surface area contributed by atoms with Crippen molar-refractivity contribution in [2.45, 2.75) is 0 Å². The minimum atomic E-state index is -0.661. The third-order valence-electron chi connectivity index (χ3n) is 2.35. The number of benzene rings is 1. The van der Waals surface area contributed by atoms with E-state index in [1.165, 1.54) is 13.3 Å². The van der Waals surface area contributed by atoms with Gasteiger partial charge in [0, 0.05) is 10.6 Å². The molecule has 0 radical (unpaired) electrons. The second-order valence-corrected chi connectivity index (χ2v) is 4.53. The highest BCUT2D eigenvalue weighted by Gasteiger charge is 2.08. The van der Waals surface area contributed by atoms with E-state index >= 15 is 0 Å². The van der Waals surface area contributed by atoms with E-state index in [4.69, 9.17) is 27.6 Å². The summed E-state index contributed by atoms with van der Waals surface area (Å²) >= 11 is 12.0. The van der Waals surface area contributed by atoms with E-state index in [2.05, 4.69) is 15.3 Å². The largest absolute Gasteiger partial charge is 0.455 e. The van der Waals surface area contributed by atoms with Gasteiger partial charge in [-0.25, -0.2) is 10.2 Å². The van der Waals surface area contributed by atoms with Crippen LogP contribution in [0.2, 0.25) is 10.0 Å². The summed E-state index contributed by atoms with van der Waals surface area (Å²) in [5, 5.41) is 4.74. The molecule has 0 spiro atoms. The van der Waals surface area contributed by atoms with Crippen molar-refractivity contribution in [1.29, 1.82) is 0 Å². The van der Waals surface area contributed by atoms with Crippen molar-refractivity contribution < 1.29 is 13.9 Å². The molecule has 20 heavy (non-hydrogen) atoms. The van der Waals surface area contributed by atoms with E-state index in [-0.39, 0.29) is 0 Å². The predicted molar refractivity (Wildman–Crippen MR) is 77.3 cm³/mol. The molecule has 2 aromatic rings. The average molecular weight is 313 g/mol. The van der Waals surface area contributed by atoms with E-state index < -0.39 is 6.09 Å². The molecule has 0 aliphatic heterocycles. The minimum Gasteiger partial charge on any atom is -0.455 e. The smallest absolute Gasteiger partial charge is 0.427 e. The van der Waals surface area contributed by atoms with Crippen molar-refractivity contribution in [2.75, 3.05) is 7.11 Å². The first kappa shape index (κ1) is 14.4. The Bertz CT molecular complexity index is 653. The van der Waals surface area contributed by atoms with Crippen LogP contribution in [0.4, 0.5) is 4.79 Å². The topological polar surface area (TPSA) is 63.8 Å². The number of hydrogen-bond donors (Lipinski definition) is 1. The lowest BCUT2D eigenvalue weighted by molar-refractivity contribution is 0.171. The maximum absolute atomic E-state index is 10.8. The molecule has 0 aliphatic carbocycles. The Labute approximate surface area is 125 Å². The van der Waals surface area contributed by atoms with E-state index in [0.29, 0.717) is 27.1 Å². The molecule has 2 rings (SSSR count). The lowest BCUT2D eigenvalue weighted by atomic mass is 10.2. The molecule has 0 fully saturated rings. The Kier molecular flexibility index (Phi) is 4.65. The summed E-state index contributed by atoms with van der Waals surface area (Å²) in [6.45, 7) is 0. The maximum atomic E-state index is 10.8. The van der Waals surface area contributed by atoms with Crippen LogP contribution in [-0.2, 0) is 4.74 Å². The number of halogens is 2. The molecule has 5 nitrogen and oxygen atoms in total. The Morgan fingerprint density at radius 2 is 2.15 bits per heavy atom. The Balaban J connectivity index is 2.16. The summed E-state index contributed by atoms with van der Waals surface area (Å²) < 4.78 is 9.90. The van der Waals surface area contributed by atoms with Gasteiger partial charge in [0.2, 0.25) is 0 Å². The molecule has 1 amide bonds. The number of nitrogens with one attached hydrogen (secondary N) is 1. The summed E-state index contributed by atoms with van der Waals surface area (Å²) in [5.41, 5.74) is 2.83. The van der Waals surface area contributed by atoms with Crippen LogP contribution in [0.1, 0.15) is 5.76 Å². The number of hydrogen-bond acceptors (Lipinski definition) is 4. The second kappa shape index (κ2) is 6.45. The summed E-state index contributed by atoms with van der Waals surface area (Å²) in [6, 6.07) is 8.51. The lowest BCUT2D eigenvalue weighted by Crippen LogP contribution is -2.16. The number of carbonyl (C=O) groups excluding carboxylic acids is 1. The van der Waals surface area contributed by atoms with Gasteiger partial charge in [0.25, 0.3) is 0 Å². The fraction of sp³-hybridized carbons (Fsp3) is 0.0769. The van der Waals surface area contributed by atoms with Crippen molar-refractivity contribution >= 4 is 35.5 Å². The molecular weight excluding hydrogens is 303 g/mol. The second-order valence-electron chi connectivity index (χ2n) is 3.69. The Morgan fingerprint density at radius 1 is 1.35 bits per heavy atom. The monoisotopic (exact) mass is 312 g/mol. The zero-order chi connectivity index (χ0) is 14.5. The van der Waals surface area contributed by atoms with E-state index in [9.17, 15) is 4.79 Å². The van der Waals surface area contributed by atoms with Crippen LogP contribution >= 0.6 is 23.2 Å². The number of rotatable bonds is 3. The number of furan rings is 1. The summed E-state index contributed by atoms with van der Waals surface area (Å²) in [4.78, 5) is 10.8. The quantitative estimate of drug-likeness (QED) is 0.689. The normalized spacial score (nSPS) is 10.8. The first-order valence-corrected chi connectivity index (χ1v) is 6.28. The molecule has 0 unspecified atom stereocenters. The van der Waals surface area contributed by atoms with E-state index in [1.54, 1.807) is 30.3 Å². The highest BCUT2D eigenvalue weighted by Crippen LogP contribution is 2.31. The van der Waals surface area contributed by atoms with Crippen LogP contribution in [-0.4, -0.2) is 19.4 Å². The number of nitrogens with zero attached hydrogens (tertiary/aromatic N) is 1. The SMILES string of the molecule is COC(=O)N/N=C/c1ccc(-c2cc(Cl)ccc2Cl)o1. The fourth-order valence-corrected chi connectivity index (χ4v) is 1.83. The van der Waals surface area contributed by atoms with E-state index in [0.717, 1.165) is 0 Å². The zero-order valence-electron chi connectivity index (χ0n) is 10.4. The highest BCUT2D eigenvalue weighted by atomic mass is 35.5. The molecule has 0 saturated carbocycles. The van der Waals surface area contributed by atoms with Crippen LogP contribution in [0.25, 0.3) is 11.3 Å². The lowest BCUT2D eigenvalue weighted by Gasteiger charge is -2.00. The molecule has 1 aromatic carbocycles. The molecule has 0 saturated heterocycles. The third-order valence-corrected chi connectivity index (χ3v) is 2.92. The van der Waals surface area contributed by atoms with Gasteiger partial charge in [0.1, 0.15) is 11.5 Å². The fourth-order valence-electron chi connectivity index (χ4n) is 1.45. The number of amides is 1. The van der Waals surface area contributed by atoms with Crippen LogP contribution in [0, 0.1) is 0 Å². The van der Waals surface area contributed by atoms with Gasteiger partial charge in [-0.1, -0.05) is 23.2 Å². The summed E-state index contributed by atoms with van der Waals surface area (Å²) in [6.07, 6.45) is 0.685. The van der Waals surface area contributed by atoms with Crippen LogP contribution in [0.3, 0.4) is 0 Å². The first-order valence-electron chi connectivity index (χ1n) is 5.52. The Morgan fingerprint density at radius 3 is 2.90 bits per heavy atom. The molecule has 0 atom stereocenters. The van der Waals surface area contributed by atoms with Crippen molar-refractivity contribution in [3.8, 4) is 11.3 Å². The average Bonchev–Trinajstić information content (AvgIpc) is 2.90. The maximum Gasteiger partial charge on any atom is 0.427 e.